The molecule has 11 aromatic rings. The molecule has 0 bridgehead atoms. The maximum Gasteiger partial charge on any atom is 0.164 e. The summed E-state index contributed by atoms with van der Waals surface area (Å²) in [6.07, 6.45) is 0. The van der Waals surface area contributed by atoms with Crippen LogP contribution >= 0.6 is 0 Å². The normalized spacial score (nSPS) is 11.6. The first kappa shape index (κ1) is 31.1. The molecule has 11 rings (SSSR count). The van der Waals surface area contributed by atoms with Gasteiger partial charge in [-0.1, -0.05) is 158 Å². The highest BCUT2D eigenvalue weighted by Crippen LogP contribution is 2.43. The zero-order valence-corrected chi connectivity index (χ0v) is 29.6. The summed E-state index contributed by atoms with van der Waals surface area (Å²) in [6, 6.07) is 65.7. The van der Waals surface area contributed by atoms with Gasteiger partial charge >= 0.3 is 0 Å². The minimum atomic E-state index is 0.593. The Labute approximate surface area is 317 Å². The molecule has 4 nitrogen and oxygen atoms in total. The summed E-state index contributed by atoms with van der Waals surface area (Å²) in [6.45, 7) is 0. The van der Waals surface area contributed by atoms with Crippen LogP contribution in [0.3, 0.4) is 0 Å². The van der Waals surface area contributed by atoms with Gasteiger partial charge < -0.3 is 4.42 Å². The molecule has 0 amide bonds. The van der Waals surface area contributed by atoms with Crippen LogP contribution in [0.15, 0.2) is 192 Å². The van der Waals surface area contributed by atoms with Crippen molar-refractivity contribution in [2.75, 3.05) is 0 Å². The molecule has 55 heavy (non-hydrogen) atoms. The zero-order valence-electron chi connectivity index (χ0n) is 29.6. The van der Waals surface area contributed by atoms with E-state index in [1.807, 2.05) is 18.2 Å². The van der Waals surface area contributed by atoms with Gasteiger partial charge in [0.2, 0.25) is 0 Å². The average molecular weight is 702 g/mol. The lowest BCUT2D eigenvalue weighted by atomic mass is 9.94. The lowest BCUT2D eigenvalue weighted by Crippen LogP contribution is -2.01. The number of aromatic nitrogens is 3. The number of para-hydroxylation sites is 1. The van der Waals surface area contributed by atoms with Crippen molar-refractivity contribution < 1.29 is 4.42 Å². The first-order valence-corrected chi connectivity index (χ1v) is 18.5. The van der Waals surface area contributed by atoms with Crippen LogP contribution in [0.5, 0.6) is 0 Å². The minimum Gasteiger partial charge on any atom is -0.455 e. The zero-order chi connectivity index (χ0) is 36.3. The molecule has 0 aliphatic rings. The Morgan fingerprint density at radius 2 is 0.891 bits per heavy atom. The van der Waals surface area contributed by atoms with Crippen molar-refractivity contribution >= 4 is 54.3 Å². The number of rotatable bonds is 5. The molecule has 0 saturated carbocycles. The fourth-order valence-electron chi connectivity index (χ4n) is 8.03. The van der Waals surface area contributed by atoms with Gasteiger partial charge in [-0.25, -0.2) is 15.0 Å². The Bertz CT molecular complexity index is 3260. The van der Waals surface area contributed by atoms with Crippen LogP contribution in [0.4, 0.5) is 0 Å². The van der Waals surface area contributed by atoms with Gasteiger partial charge in [0, 0.05) is 32.8 Å². The van der Waals surface area contributed by atoms with Crippen LogP contribution in [0.25, 0.3) is 111 Å². The standard InChI is InChI=1S/C51H31N3O/c1-3-13-32(14-4-1)36-24-25-37-31-45(47-43-21-11-12-22-46(43)55-48(47)44(37)30-36)51-53-49(38-26-23-33-15-7-8-18-35(33)29-38)52-50(54-51)42-28-27-39(34-16-5-2-6-17-34)40-19-9-10-20-41(40)42/h1-31H. The molecule has 0 atom stereocenters. The molecule has 4 heteroatoms. The van der Waals surface area contributed by atoms with E-state index in [1.54, 1.807) is 0 Å². The predicted octanol–water partition coefficient (Wildman–Crippen LogP) is 13.6. The van der Waals surface area contributed by atoms with Crippen molar-refractivity contribution in [3.05, 3.63) is 188 Å². The molecular formula is C51H31N3O. The Morgan fingerprint density at radius 3 is 1.69 bits per heavy atom. The van der Waals surface area contributed by atoms with Gasteiger partial charge in [-0.05, 0) is 79.5 Å². The van der Waals surface area contributed by atoms with Gasteiger partial charge in [0.05, 0.1) is 0 Å². The van der Waals surface area contributed by atoms with E-state index in [-0.39, 0.29) is 0 Å². The van der Waals surface area contributed by atoms with Gasteiger partial charge in [0.1, 0.15) is 11.2 Å². The smallest absolute Gasteiger partial charge is 0.164 e. The van der Waals surface area contributed by atoms with Crippen LogP contribution < -0.4 is 0 Å². The lowest BCUT2D eigenvalue weighted by molar-refractivity contribution is 0.672. The van der Waals surface area contributed by atoms with E-state index in [1.165, 1.54) is 16.5 Å². The molecule has 0 saturated heterocycles. The van der Waals surface area contributed by atoms with Crippen LogP contribution in [-0.2, 0) is 0 Å². The van der Waals surface area contributed by atoms with Crippen LogP contribution in [-0.4, -0.2) is 15.0 Å². The first-order valence-electron chi connectivity index (χ1n) is 18.5. The molecule has 0 aliphatic heterocycles. The lowest BCUT2D eigenvalue weighted by Gasteiger charge is -2.14. The van der Waals surface area contributed by atoms with Gasteiger partial charge in [-0.2, -0.15) is 0 Å². The second-order valence-corrected chi connectivity index (χ2v) is 14.0. The summed E-state index contributed by atoms with van der Waals surface area (Å²) in [5.74, 6) is 1.82. The maximum absolute atomic E-state index is 6.74. The number of hydrogen-bond donors (Lipinski definition) is 0. The molecule has 0 fully saturated rings. The molecule has 2 aromatic heterocycles. The SMILES string of the molecule is c1ccc(-c2ccc3cc(-c4nc(-c5ccc6ccccc6c5)nc(-c5ccc(-c6ccccc6)c6ccccc56)n4)c4c5ccccc5oc4c3c2)cc1. The van der Waals surface area contributed by atoms with Crippen LogP contribution in [0.1, 0.15) is 0 Å². The number of furan rings is 1. The predicted molar refractivity (Wildman–Crippen MR) is 227 cm³/mol. The van der Waals surface area contributed by atoms with E-state index in [9.17, 15) is 0 Å². The Balaban J connectivity index is 1.20. The molecular weight excluding hydrogens is 671 g/mol. The molecule has 0 spiro atoms. The summed E-state index contributed by atoms with van der Waals surface area (Å²) >= 11 is 0. The third kappa shape index (κ3) is 5.26. The summed E-state index contributed by atoms with van der Waals surface area (Å²) in [4.78, 5) is 15.9. The van der Waals surface area contributed by atoms with Crippen molar-refractivity contribution in [3.8, 4) is 56.4 Å². The molecule has 0 aliphatic carbocycles. The molecule has 0 radical (unpaired) electrons. The van der Waals surface area contributed by atoms with Crippen LogP contribution in [0, 0.1) is 0 Å². The van der Waals surface area contributed by atoms with E-state index >= 15 is 0 Å². The Hall–Kier alpha value is -7.43. The van der Waals surface area contributed by atoms with Crippen molar-refractivity contribution in [2.24, 2.45) is 0 Å². The van der Waals surface area contributed by atoms with Gasteiger partial charge in [-0.3, -0.25) is 0 Å². The van der Waals surface area contributed by atoms with E-state index in [2.05, 4.69) is 170 Å². The van der Waals surface area contributed by atoms with Crippen molar-refractivity contribution in [1.82, 2.24) is 15.0 Å². The van der Waals surface area contributed by atoms with Crippen LogP contribution in [0.2, 0.25) is 0 Å². The maximum atomic E-state index is 6.74. The molecule has 9 aromatic carbocycles. The third-order valence-electron chi connectivity index (χ3n) is 10.7. The summed E-state index contributed by atoms with van der Waals surface area (Å²) in [7, 11) is 0. The second kappa shape index (κ2) is 12.6. The number of hydrogen-bond acceptors (Lipinski definition) is 4. The highest BCUT2D eigenvalue weighted by atomic mass is 16.3. The topological polar surface area (TPSA) is 51.8 Å². The van der Waals surface area contributed by atoms with E-state index < -0.39 is 0 Å². The fraction of sp³-hybridized carbons (Fsp3) is 0. The van der Waals surface area contributed by atoms with Gasteiger partial charge in [-0.15, -0.1) is 0 Å². The van der Waals surface area contributed by atoms with E-state index in [4.69, 9.17) is 19.4 Å². The average Bonchev–Trinajstić information content (AvgIpc) is 3.66. The molecule has 0 N–H and O–H groups in total. The summed E-state index contributed by atoms with van der Waals surface area (Å²) < 4.78 is 6.74. The van der Waals surface area contributed by atoms with E-state index in [0.29, 0.717) is 17.5 Å². The second-order valence-electron chi connectivity index (χ2n) is 14.0. The first-order chi connectivity index (χ1) is 27.2. The monoisotopic (exact) mass is 701 g/mol. The highest BCUT2D eigenvalue weighted by molar-refractivity contribution is 6.21. The molecule has 256 valence electrons. The highest BCUT2D eigenvalue weighted by Gasteiger charge is 2.22. The third-order valence-corrected chi connectivity index (χ3v) is 10.7. The van der Waals surface area contributed by atoms with Crippen molar-refractivity contribution in [2.45, 2.75) is 0 Å². The number of nitrogens with zero attached hydrogens (tertiary/aromatic N) is 3. The summed E-state index contributed by atoms with van der Waals surface area (Å²) in [5.41, 5.74) is 9.04. The quantitative estimate of drug-likeness (QED) is 0.179. The van der Waals surface area contributed by atoms with E-state index in [0.717, 1.165) is 76.7 Å². The largest absolute Gasteiger partial charge is 0.455 e. The molecule has 2 heterocycles. The fourth-order valence-corrected chi connectivity index (χ4v) is 8.03. The number of fused-ring (bicyclic) bond motifs is 7. The molecule has 0 unspecified atom stereocenters. The number of benzene rings is 9. The van der Waals surface area contributed by atoms with Gasteiger partial charge in [0.25, 0.3) is 0 Å². The van der Waals surface area contributed by atoms with Crippen molar-refractivity contribution in [1.29, 1.82) is 0 Å². The minimum absolute atomic E-state index is 0.593. The Morgan fingerprint density at radius 1 is 0.309 bits per heavy atom. The van der Waals surface area contributed by atoms with Gasteiger partial charge in [0.15, 0.2) is 17.5 Å². The summed E-state index contributed by atoms with van der Waals surface area (Å²) in [5, 5.41) is 8.62. The van der Waals surface area contributed by atoms with Crippen molar-refractivity contribution in [3.63, 3.8) is 0 Å². The Kier molecular flexibility index (Phi) is 7.14.